The Kier molecular flexibility index (Phi) is 5.43. The van der Waals surface area contributed by atoms with Gasteiger partial charge in [0.15, 0.2) is 5.16 Å². The first-order valence-electron chi connectivity index (χ1n) is 10.4. The molecule has 0 bridgehead atoms. The first-order valence-corrected chi connectivity index (χ1v) is 11.2. The van der Waals surface area contributed by atoms with E-state index in [1.807, 2.05) is 24.4 Å². The van der Waals surface area contributed by atoms with Crippen LogP contribution in [0.15, 0.2) is 71.1 Å². The van der Waals surface area contributed by atoms with Crippen LogP contribution < -0.4 is 0 Å². The molecule has 0 atom stereocenters. The molecule has 166 valence electrons. The van der Waals surface area contributed by atoms with Gasteiger partial charge in [0.1, 0.15) is 6.33 Å². The molecule has 0 fully saturated rings. The van der Waals surface area contributed by atoms with Crippen molar-refractivity contribution < 1.29 is 9.72 Å². The van der Waals surface area contributed by atoms with Crippen LogP contribution in [0.1, 0.15) is 22.3 Å². The lowest BCUT2D eigenvalue weighted by molar-refractivity contribution is -0.387. The summed E-state index contributed by atoms with van der Waals surface area (Å²) in [6.45, 7) is 1.00. The van der Waals surface area contributed by atoms with Crippen molar-refractivity contribution in [1.29, 1.82) is 0 Å². The van der Waals surface area contributed by atoms with Crippen LogP contribution in [0, 0.1) is 10.1 Å². The minimum absolute atomic E-state index is 0.124. The lowest BCUT2D eigenvalue weighted by Crippen LogP contribution is -2.34. The second-order valence-electron chi connectivity index (χ2n) is 7.74. The zero-order valence-electron chi connectivity index (χ0n) is 17.8. The zero-order valence-corrected chi connectivity index (χ0v) is 18.6. The van der Waals surface area contributed by atoms with Crippen LogP contribution in [0.2, 0.25) is 0 Å². The fraction of sp³-hybridized carbons (Fsp3) is 0.174. The predicted molar refractivity (Wildman–Crippen MR) is 125 cm³/mol. The Morgan fingerprint density at radius 3 is 2.82 bits per heavy atom. The van der Waals surface area contributed by atoms with Crippen LogP contribution in [0.4, 0.5) is 5.69 Å². The monoisotopic (exact) mass is 460 g/mol. The molecule has 1 amide bonds. The van der Waals surface area contributed by atoms with Crippen LogP contribution in [-0.2, 0) is 7.05 Å². The van der Waals surface area contributed by atoms with Crippen molar-refractivity contribution in [2.24, 2.45) is 7.05 Å². The quantitative estimate of drug-likeness (QED) is 0.352. The van der Waals surface area contributed by atoms with E-state index in [9.17, 15) is 14.9 Å². The zero-order chi connectivity index (χ0) is 22.9. The van der Waals surface area contributed by atoms with E-state index in [0.29, 0.717) is 28.7 Å². The number of benzene rings is 2. The van der Waals surface area contributed by atoms with Crippen molar-refractivity contribution in [2.45, 2.75) is 16.5 Å². The number of nitrogens with zero attached hydrogens (tertiary/aromatic N) is 5. The maximum atomic E-state index is 13.1. The number of amides is 1. The summed E-state index contributed by atoms with van der Waals surface area (Å²) >= 11 is 1.14. The summed E-state index contributed by atoms with van der Waals surface area (Å²) in [6.07, 6.45) is 6.31. The Labute approximate surface area is 193 Å². The lowest BCUT2D eigenvalue weighted by atomic mass is 9.98. The summed E-state index contributed by atoms with van der Waals surface area (Å²) in [5, 5.41) is 21.1. The maximum absolute atomic E-state index is 13.1. The molecule has 2 aromatic heterocycles. The molecule has 2 aromatic carbocycles. The largest absolute Gasteiger partial charge is 0.361 e. The summed E-state index contributed by atoms with van der Waals surface area (Å²) in [4.78, 5) is 29.7. The number of para-hydroxylation sites is 1. The number of rotatable bonds is 5. The van der Waals surface area contributed by atoms with E-state index in [2.05, 4.69) is 27.3 Å². The highest BCUT2D eigenvalue weighted by atomic mass is 32.2. The van der Waals surface area contributed by atoms with Crippen molar-refractivity contribution in [3.8, 4) is 0 Å². The molecule has 1 aliphatic heterocycles. The molecule has 1 aliphatic rings. The van der Waals surface area contributed by atoms with Gasteiger partial charge < -0.3 is 14.5 Å². The molecule has 0 radical (unpaired) electrons. The number of hydrogen-bond donors (Lipinski definition) is 1. The second-order valence-corrected chi connectivity index (χ2v) is 8.75. The molecule has 5 rings (SSSR count). The third kappa shape index (κ3) is 4.00. The van der Waals surface area contributed by atoms with E-state index >= 15 is 0 Å². The number of aromatic amines is 1. The molecule has 10 heteroatoms. The molecule has 9 nitrogen and oxygen atoms in total. The summed E-state index contributed by atoms with van der Waals surface area (Å²) in [5.74, 6) is -0.220. The number of carbonyl (C=O) groups is 1. The molecule has 0 spiro atoms. The summed E-state index contributed by atoms with van der Waals surface area (Å²) < 4.78 is 1.68. The molecule has 4 aromatic rings. The number of aryl methyl sites for hydroxylation is 1. The van der Waals surface area contributed by atoms with Crippen molar-refractivity contribution in [3.05, 3.63) is 82.3 Å². The molecule has 0 saturated carbocycles. The van der Waals surface area contributed by atoms with Crippen molar-refractivity contribution in [3.63, 3.8) is 0 Å². The molecule has 0 unspecified atom stereocenters. The van der Waals surface area contributed by atoms with Gasteiger partial charge in [-0.1, -0.05) is 24.3 Å². The minimum Gasteiger partial charge on any atom is -0.361 e. The van der Waals surface area contributed by atoms with Gasteiger partial charge in [-0.3, -0.25) is 14.9 Å². The Morgan fingerprint density at radius 1 is 1.24 bits per heavy atom. The van der Waals surface area contributed by atoms with E-state index in [1.54, 1.807) is 28.6 Å². The average molecular weight is 461 g/mol. The summed E-state index contributed by atoms with van der Waals surface area (Å²) in [7, 11) is 1.76. The maximum Gasteiger partial charge on any atom is 0.284 e. The molecular weight excluding hydrogens is 440 g/mol. The second kappa shape index (κ2) is 8.55. The number of nitro groups is 1. The topological polar surface area (TPSA) is 110 Å². The summed E-state index contributed by atoms with van der Waals surface area (Å²) in [6, 6.07) is 12.7. The van der Waals surface area contributed by atoms with E-state index in [-0.39, 0.29) is 11.6 Å². The van der Waals surface area contributed by atoms with Gasteiger partial charge >= 0.3 is 0 Å². The standard InChI is InChI=1S/C23H20N6O3S/c1-27-14-25-26-23(27)33-21-7-6-16(12-20(21)29(31)32)22(30)28-10-8-15(9-11-28)18-13-24-19-5-3-2-4-17(18)19/h2-8,12-14,24H,9-11H2,1H3. The lowest BCUT2D eigenvalue weighted by Gasteiger charge is -2.26. The van der Waals surface area contributed by atoms with E-state index in [0.717, 1.165) is 34.6 Å². The van der Waals surface area contributed by atoms with Gasteiger partial charge in [-0.25, -0.2) is 0 Å². The minimum atomic E-state index is -0.472. The van der Waals surface area contributed by atoms with Crippen LogP contribution in [0.5, 0.6) is 0 Å². The van der Waals surface area contributed by atoms with Crippen LogP contribution in [0.3, 0.4) is 0 Å². The van der Waals surface area contributed by atoms with Gasteiger partial charge in [0.2, 0.25) is 0 Å². The van der Waals surface area contributed by atoms with Crippen molar-refractivity contribution in [1.82, 2.24) is 24.6 Å². The highest BCUT2D eigenvalue weighted by Crippen LogP contribution is 2.35. The Morgan fingerprint density at radius 2 is 2.09 bits per heavy atom. The van der Waals surface area contributed by atoms with Crippen molar-refractivity contribution >= 4 is 39.8 Å². The van der Waals surface area contributed by atoms with Crippen LogP contribution >= 0.6 is 11.8 Å². The molecule has 3 heterocycles. The molecule has 0 aliphatic carbocycles. The number of fused-ring (bicyclic) bond motifs is 1. The van der Waals surface area contributed by atoms with E-state index in [1.165, 1.54) is 18.0 Å². The van der Waals surface area contributed by atoms with Crippen molar-refractivity contribution in [2.75, 3.05) is 13.1 Å². The van der Waals surface area contributed by atoms with Crippen LogP contribution in [0.25, 0.3) is 16.5 Å². The van der Waals surface area contributed by atoms with Gasteiger partial charge in [-0.05, 0) is 42.0 Å². The third-order valence-electron chi connectivity index (χ3n) is 5.71. The molecule has 0 saturated heterocycles. The Hall–Kier alpha value is -3.92. The van der Waals surface area contributed by atoms with Gasteiger partial charge in [0.25, 0.3) is 11.6 Å². The van der Waals surface area contributed by atoms with Crippen LogP contribution in [-0.4, -0.2) is 48.6 Å². The fourth-order valence-corrected chi connectivity index (χ4v) is 4.81. The van der Waals surface area contributed by atoms with Gasteiger partial charge in [0, 0.05) is 54.4 Å². The van der Waals surface area contributed by atoms with E-state index in [4.69, 9.17) is 0 Å². The Bertz CT molecular complexity index is 1410. The fourth-order valence-electron chi connectivity index (χ4n) is 3.96. The smallest absolute Gasteiger partial charge is 0.284 e. The first kappa shape index (κ1) is 21.0. The highest BCUT2D eigenvalue weighted by molar-refractivity contribution is 7.99. The number of carbonyl (C=O) groups excluding carboxylic acids is 1. The van der Waals surface area contributed by atoms with E-state index < -0.39 is 4.92 Å². The third-order valence-corrected chi connectivity index (χ3v) is 6.82. The average Bonchev–Trinajstić information content (AvgIpc) is 3.45. The molecular formula is C23H20N6O3S. The number of aromatic nitrogens is 4. The predicted octanol–water partition coefficient (Wildman–Crippen LogP) is 4.29. The SMILES string of the molecule is Cn1cnnc1Sc1ccc(C(=O)N2CC=C(c3c[nH]c4ccccc34)CC2)cc1[N+](=O)[O-]. The molecule has 33 heavy (non-hydrogen) atoms. The number of hydrogen-bond acceptors (Lipinski definition) is 6. The number of H-pyrrole nitrogens is 1. The summed E-state index contributed by atoms with van der Waals surface area (Å²) in [5.41, 5.74) is 3.60. The van der Waals surface area contributed by atoms with Gasteiger partial charge in [-0.2, -0.15) is 0 Å². The Balaban J connectivity index is 1.36. The van der Waals surface area contributed by atoms with Gasteiger partial charge in [0.05, 0.1) is 9.82 Å². The normalized spacial score (nSPS) is 13.8. The molecule has 1 N–H and O–H groups in total. The highest BCUT2D eigenvalue weighted by Gasteiger charge is 2.24. The number of nitrogens with one attached hydrogen (secondary N) is 1. The first-order chi connectivity index (χ1) is 16.0. The van der Waals surface area contributed by atoms with Gasteiger partial charge in [-0.15, -0.1) is 10.2 Å². The number of nitro benzene ring substituents is 1.